The monoisotopic (exact) mass is 307 g/mol. The number of hydrogen-bond acceptors (Lipinski definition) is 7. The Morgan fingerprint density at radius 1 is 1.23 bits per heavy atom. The molecule has 3 rings (SSSR count). The van der Waals surface area contributed by atoms with Gasteiger partial charge in [0, 0.05) is 38.9 Å². The van der Waals surface area contributed by atoms with Gasteiger partial charge >= 0.3 is 0 Å². The van der Waals surface area contributed by atoms with Crippen molar-refractivity contribution in [1.82, 2.24) is 9.97 Å². The number of nitrogens with one attached hydrogen (secondary N) is 1. The molecule has 2 saturated heterocycles. The van der Waals surface area contributed by atoms with Gasteiger partial charge < -0.3 is 25.8 Å². The summed E-state index contributed by atoms with van der Waals surface area (Å²) < 4.78 is 5.50. The highest BCUT2D eigenvalue weighted by Crippen LogP contribution is 2.41. The summed E-state index contributed by atoms with van der Waals surface area (Å²) in [6.07, 6.45) is 4.71. The molecule has 2 aliphatic rings. The van der Waals surface area contributed by atoms with Gasteiger partial charge in [-0.05, 0) is 31.1 Å². The predicted octanol–water partition coefficient (Wildman–Crippen LogP) is 0.860. The minimum atomic E-state index is 0.0630. The third-order valence-corrected chi connectivity index (χ3v) is 4.85. The van der Waals surface area contributed by atoms with Crippen molar-refractivity contribution in [3.63, 3.8) is 0 Å². The Labute approximate surface area is 130 Å². The van der Waals surface area contributed by atoms with Crippen LogP contribution in [-0.4, -0.2) is 54.5 Å². The molecule has 1 aromatic rings. The summed E-state index contributed by atoms with van der Waals surface area (Å²) in [5.74, 6) is 1.81. The highest BCUT2D eigenvalue weighted by molar-refractivity contribution is 5.52. The van der Waals surface area contributed by atoms with E-state index >= 15 is 0 Å². The molecule has 0 bridgehead atoms. The number of ether oxygens (including phenoxy) is 1. The van der Waals surface area contributed by atoms with E-state index < -0.39 is 0 Å². The van der Waals surface area contributed by atoms with E-state index in [1.807, 2.05) is 6.07 Å². The maximum atomic E-state index is 8.90. The minimum Gasteiger partial charge on any atom is -0.395 e. The first-order valence-corrected chi connectivity index (χ1v) is 8.03. The van der Waals surface area contributed by atoms with Crippen LogP contribution in [0, 0.1) is 5.41 Å². The molecule has 3 heterocycles. The van der Waals surface area contributed by atoms with E-state index in [-0.39, 0.29) is 12.6 Å². The summed E-state index contributed by atoms with van der Waals surface area (Å²) in [6, 6.07) is 1.91. The molecule has 2 aliphatic heterocycles. The molecule has 0 amide bonds. The quantitative estimate of drug-likeness (QED) is 0.759. The van der Waals surface area contributed by atoms with Crippen LogP contribution in [0.3, 0.4) is 0 Å². The average Bonchev–Trinajstić information content (AvgIpc) is 2.54. The highest BCUT2D eigenvalue weighted by Gasteiger charge is 2.36. The van der Waals surface area contributed by atoms with Crippen molar-refractivity contribution in [2.75, 3.05) is 55.4 Å². The zero-order chi connectivity index (χ0) is 15.4. The van der Waals surface area contributed by atoms with Gasteiger partial charge in [-0.25, -0.2) is 0 Å². The Bertz CT molecular complexity index is 495. The van der Waals surface area contributed by atoms with Crippen molar-refractivity contribution in [3.05, 3.63) is 6.07 Å². The summed E-state index contributed by atoms with van der Waals surface area (Å²) in [6.45, 7) is 4.31. The first kappa shape index (κ1) is 15.3. The predicted molar refractivity (Wildman–Crippen MR) is 86.0 cm³/mol. The maximum Gasteiger partial charge on any atom is 0.223 e. The van der Waals surface area contributed by atoms with Crippen molar-refractivity contribution in [2.45, 2.75) is 25.7 Å². The zero-order valence-electron chi connectivity index (χ0n) is 12.9. The van der Waals surface area contributed by atoms with Crippen molar-refractivity contribution in [2.24, 2.45) is 5.41 Å². The fourth-order valence-electron chi connectivity index (χ4n) is 3.40. The first-order valence-electron chi connectivity index (χ1n) is 8.03. The fourth-order valence-corrected chi connectivity index (χ4v) is 3.40. The topological polar surface area (TPSA) is 96.5 Å². The van der Waals surface area contributed by atoms with Crippen LogP contribution < -0.4 is 16.0 Å². The molecule has 122 valence electrons. The Kier molecular flexibility index (Phi) is 4.63. The molecule has 1 aromatic heterocycles. The fraction of sp³-hybridized carbons (Fsp3) is 0.733. The molecular formula is C15H25N5O2. The maximum absolute atomic E-state index is 8.90. The van der Waals surface area contributed by atoms with Crippen molar-refractivity contribution in [3.8, 4) is 0 Å². The lowest BCUT2D eigenvalue weighted by Gasteiger charge is -2.44. The van der Waals surface area contributed by atoms with Gasteiger partial charge in [-0.15, -0.1) is 0 Å². The summed E-state index contributed by atoms with van der Waals surface area (Å²) in [5.41, 5.74) is 6.27. The lowest BCUT2D eigenvalue weighted by Crippen LogP contribution is -2.43. The van der Waals surface area contributed by atoms with Crippen molar-refractivity contribution >= 4 is 17.6 Å². The van der Waals surface area contributed by atoms with Crippen LogP contribution in [-0.2, 0) is 4.74 Å². The van der Waals surface area contributed by atoms with Crippen LogP contribution in [0.1, 0.15) is 25.7 Å². The van der Waals surface area contributed by atoms with E-state index in [1.165, 1.54) is 25.7 Å². The van der Waals surface area contributed by atoms with Gasteiger partial charge in [-0.1, -0.05) is 0 Å². The average molecular weight is 307 g/mol. The Morgan fingerprint density at radius 2 is 1.95 bits per heavy atom. The number of aromatic nitrogens is 2. The largest absolute Gasteiger partial charge is 0.395 e. The number of nitrogens with zero attached hydrogens (tertiary/aromatic N) is 3. The summed E-state index contributed by atoms with van der Waals surface area (Å²) in [5, 5.41) is 11.9. The number of hydrogen-bond donors (Lipinski definition) is 3. The molecule has 0 atom stereocenters. The molecule has 0 aliphatic carbocycles. The number of nitrogens with two attached hydrogens (primary N) is 1. The first-order chi connectivity index (χ1) is 10.7. The minimum absolute atomic E-state index is 0.0630. The highest BCUT2D eigenvalue weighted by atomic mass is 16.5. The van der Waals surface area contributed by atoms with E-state index in [0.29, 0.717) is 17.8 Å². The second kappa shape index (κ2) is 6.66. The number of nitrogen functional groups attached to an aromatic ring is 1. The van der Waals surface area contributed by atoms with Crippen LogP contribution in [0.25, 0.3) is 0 Å². The summed E-state index contributed by atoms with van der Waals surface area (Å²) in [4.78, 5) is 10.8. The van der Waals surface area contributed by atoms with Crippen LogP contribution in [0.5, 0.6) is 0 Å². The molecule has 2 fully saturated rings. The number of piperidine rings is 1. The molecule has 22 heavy (non-hydrogen) atoms. The van der Waals surface area contributed by atoms with Crippen molar-refractivity contribution in [1.29, 1.82) is 0 Å². The Balaban J connectivity index is 1.66. The third kappa shape index (κ3) is 3.41. The van der Waals surface area contributed by atoms with Crippen molar-refractivity contribution < 1.29 is 9.84 Å². The third-order valence-electron chi connectivity index (χ3n) is 4.85. The zero-order valence-corrected chi connectivity index (χ0v) is 12.9. The van der Waals surface area contributed by atoms with E-state index in [2.05, 4.69) is 20.2 Å². The van der Waals surface area contributed by atoms with Gasteiger partial charge in [0.15, 0.2) is 0 Å². The molecular weight excluding hydrogens is 282 g/mol. The van der Waals surface area contributed by atoms with Gasteiger partial charge in [-0.3, -0.25) is 0 Å². The number of rotatable bonds is 4. The van der Waals surface area contributed by atoms with Gasteiger partial charge in [0.25, 0.3) is 0 Å². The normalized spacial score (nSPS) is 21.0. The number of anilines is 3. The van der Waals surface area contributed by atoms with Gasteiger partial charge in [0.2, 0.25) is 5.95 Å². The standard InChI is InChI=1S/C15H25N5O2/c16-14-18-12(17-5-8-21)11-13(19-14)20-6-1-15(2-7-20)3-9-22-10-4-15/h11,21H,1-10H2,(H3,16,17,18,19). The molecule has 1 spiro atoms. The van der Waals surface area contributed by atoms with Gasteiger partial charge in [0.1, 0.15) is 11.6 Å². The second-order valence-electron chi connectivity index (χ2n) is 6.22. The van der Waals surface area contributed by atoms with E-state index in [0.717, 1.165) is 32.1 Å². The van der Waals surface area contributed by atoms with Gasteiger partial charge in [-0.2, -0.15) is 9.97 Å². The Morgan fingerprint density at radius 3 is 2.64 bits per heavy atom. The molecule has 0 radical (unpaired) electrons. The van der Waals surface area contributed by atoms with E-state index in [4.69, 9.17) is 15.6 Å². The summed E-state index contributed by atoms with van der Waals surface area (Å²) in [7, 11) is 0. The van der Waals surface area contributed by atoms with E-state index in [9.17, 15) is 0 Å². The molecule has 0 unspecified atom stereocenters. The second-order valence-corrected chi connectivity index (χ2v) is 6.22. The van der Waals surface area contributed by atoms with Crippen LogP contribution in [0.2, 0.25) is 0 Å². The molecule has 4 N–H and O–H groups in total. The van der Waals surface area contributed by atoms with Crippen LogP contribution >= 0.6 is 0 Å². The Hall–Kier alpha value is -1.60. The van der Waals surface area contributed by atoms with Crippen LogP contribution in [0.15, 0.2) is 6.07 Å². The molecule has 0 aromatic carbocycles. The lowest BCUT2D eigenvalue weighted by atomic mass is 9.72. The number of aliphatic hydroxyl groups is 1. The SMILES string of the molecule is Nc1nc(NCCO)cc(N2CCC3(CCOCC3)CC2)n1. The van der Waals surface area contributed by atoms with E-state index in [1.54, 1.807) is 0 Å². The molecule has 7 heteroatoms. The summed E-state index contributed by atoms with van der Waals surface area (Å²) >= 11 is 0. The lowest BCUT2D eigenvalue weighted by molar-refractivity contribution is 0.00206. The van der Waals surface area contributed by atoms with Crippen LogP contribution in [0.4, 0.5) is 17.6 Å². The smallest absolute Gasteiger partial charge is 0.223 e. The molecule has 0 saturated carbocycles. The molecule has 7 nitrogen and oxygen atoms in total. The van der Waals surface area contributed by atoms with Gasteiger partial charge in [0.05, 0.1) is 6.61 Å². The number of aliphatic hydroxyl groups excluding tert-OH is 1.